The van der Waals surface area contributed by atoms with E-state index in [2.05, 4.69) is 41.6 Å². The van der Waals surface area contributed by atoms with Gasteiger partial charge in [0.2, 0.25) is 5.91 Å². The Morgan fingerprint density at radius 3 is 2.68 bits per heavy atom. The Morgan fingerprint density at radius 2 is 2.08 bits per heavy atom. The Bertz CT molecular complexity index is 688. The van der Waals surface area contributed by atoms with Crippen LogP contribution in [0.1, 0.15) is 30.5 Å². The number of carbonyl (C=O) groups excluding carboxylic acids is 1. The van der Waals surface area contributed by atoms with Crippen molar-refractivity contribution in [2.45, 2.75) is 31.8 Å². The van der Waals surface area contributed by atoms with Crippen LogP contribution >= 0.6 is 12.4 Å². The first kappa shape index (κ1) is 19.5. The molecule has 1 N–H and O–H groups in total. The summed E-state index contributed by atoms with van der Waals surface area (Å²) in [6, 6.07) is 10.5. The third kappa shape index (κ3) is 4.22. The third-order valence-corrected chi connectivity index (χ3v) is 5.13. The third-order valence-electron chi connectivity index (χ3n) is 5.13. The monoisotopic (exact) mass is 362 g/mol. The minimum Gasteiger partial charge on any atom is -0.338 e. The van der Waals surface area contributed by atoms with Gasteiger partial charge in [0.15, 0.2) is 0 Å². The predicted molar refractivity (Wildman–Crippen MR) is 102 cm³/mol. The zero-order chi connectivity index (χ0) is 17.1. The smallest absolute Gasteiger partial charge is 0.244 e. The number of rotatable bonds is 5. The van der Waals surface area contributed by atoms with E-state index in [4.69, 9.17) is 0 Å². The summed E-state index contributed by atoms with van der Waals surface area (Å²) in [4.78, 5) is 15.1. The summed E-state index contributed by atoms with van der Waals surface area (Å²) in [6.45, 7) is 3.00. The summed E-state index contributed by atoms with van der Waals surface area (Å²) >= 11 is 0. The van der Waals surface area contributed by atoms with Crippen molar-refractivity contribution in [2.24, 2.45) is 13.0 Å². The molecule has 6 heteroatoms. The predicted octanol–water partition coefficient (Wildman–Crippen LogP) is 2.58. The maximum absolute atomic E-state index is 13.0. The van der Waals surface area contributed by atoms with Gasteiger partial charge in [0, 0.05) is 31.4 Å². The molecule has 136 valence electrons. The van der Waals surface area contributed by atoms with Crippen LogP contribution in [0.2, 0.25) is 0 Å². The number of amides is 1. The van der Waals surface area contributed by atoms with Crippen molar-refractivity contribution in [3.8, 4) is 0 Å². The number of aryl methyl sites for hydroxylation is 1. The van der Waals surface area contributed by atoms with Crippen LogP contribution < -0.4 is 5.32 Å². The molecule has 2 heterocycles. The highest BCUT2D eigenvalue weighted by molar-refractivity contribution is 5.85. The largest absolute Gasteiger partial charge is 0.338 e. The molecule has 1 fully saturated rings. The molecule has 0 radical (unpaired) electrons. The van der Waals surface area contributed by atoms with Gasteiger partial charge in [-0.25, -0.2) is 0 Å². The maximum Gasteiger partial charge on any atom is 0.244 e. The Kier molecular flexibility index (Phi) is 6.62. The van der Waals surface area contributed by atoms with Crippen LogP contribution in [0, 0.1) is 5.92 Å². The number of carbonyl (C=O) groups is 1. The molecule has 2 aromatic rings. The zero-order valence-corrected chi connectivity index (χ0v) is 15.9. The van der Waals surface area contributed by atoms with Crippen LogP contribution in [0.4, 0.5) is 0 Å². The first-order chi connectivity index (χ1) is 11.6. The molecule has 1 aliphatic heterocycles. The molecular formula is C19H27ClN4O. The van der Waals surface area contributed by atoms with E-state index in [1.54, 1.807) is 10.9 Å². The highest BCUT2D eigenvalue weighted by Crippen LogP contribution is 2.30. The lowest BCUT2D eigenvalue weighted by Crippen LogP contribution is -2.42. The van der Waals surface area contributed by atoms with Gasteiger partial charge in [-0.05, 0) is 38.3 Å². The van der Waals surface area contributed by atoms with Crippen molar-refractivity contribution in [3.05, 3.63) is 53.9 Å². The van der Waals surface area contributed by atoms with Crippen molar-refractivity contribution in [2.75, 3.05) is 13.6 Å². The molecule has 3 atom stereocenters. The fraction of sp³-hybridized carbons (Fsp3) is 0.474. The summed E-state index contributed by atoms with van der Waals surface area (Å²) in [7, 11) is 3.70. The minimum absolute atomic E-state index is 0. The minimum atomic E-state index is -0.323. The fourth-order valence-electron chi connectivity index (χ4n) is 3.69. The number of aromatic nitrogens is 2. The molecule has 1 aromatic carbocycles. The number of nitrogens with one attached hydrogen (secondary N) is 1. The van der Waals surface area contributed by atoms with Gasteiger partial charge in [-0.1, -0.05) is 30.3 Å². The average Bonchev–Trinajstić information content (AvgIpc) is 3.16. The molecule has 0 spiro atoms. The SMILES string of the molecule is CNC(C(=O)N1CCC(Cc2ccccc2)C1C)c1cnn(C)c1.Cl. The zero-order valence-electron chi connectivity index (χ0n) is 15.1. The quantitative estimate of drug-likeness (QED) is 0.889. The van der Waals surface area contributed by atoms with Crippen molar-refractivity contribution in [3.63, 3.8) is 0 Å². The first-order valence-electron chi connectivity index (χ1n) is 8.60. The normalized spacial score (nSPS) is 21.0. The number of benzene rings is 1. The number of halogens is 1. The van der Waals surface area contributed by atoms with E-state index >= 15 is 0 Å². The standard InChI is InChI=1S/C19H26N4O.ClH/c1-14-16(11-15-7-5-4-6-8-15)9-10-23(14)19(24)18(20-2)17-12-21-22(3)13-17;/h4-8,12-14,16,18,20H,9-11H2,1-3H3;1H. The lowest BCUT2D eigenvalue weighted by Gasteiger charge is -2.28. The average molecular weight is 363 g/mol. The topological polar surface area (TPSA) is 50.2 Å². The number of nitrogens with zero attached hydrogens (tertiary/aromatic N) is 3. The van der Waals surface area contributed by atoms with Crippen molar-refractivity contribution < 1.29 is 4.79 Å². The molecule has 25 heavy (non-hydrogen) atoms. The summed E-state index contributed by atoms with van der Waals surface area (Å²) in [5, 5.41) is 7.34. The number of likely N-dealkylation sites (tertiary alicyclic amines) is 1. The van der Waals surface area contributed by atoms with Crippen LogP contribution in [-0.2, 0) is 18.3 Å². The molecule has 1 saturated heterocycles. The lowest BCUT2D eigenvalue weighted by molar-refractivity contribution is -0.134. The number of likely N-dealkylation sites (N-methyl/N-ethyl adjacent to an activating group) is 1. The van der Waals surface area contributed by atoms with Gasteiger partial charge in [-0.15, -0.1) is 12.4 Å². The van der Waals surface area contributed by atoms with Crippen LogP contribution in [0.25, 0.3) is 0 Å². The molecule has 5 nitrogen and oxygen atoms in total. The fourth-order valence-corrected chi connectivity index (χ4v) is 3.69. The van der Waals surface area contributed by atoms with E-state index in [1.165, 1.54) is 5.56 Å². The second-order valence-electron chi connectivity index (χ2n) is 6.68. The Labute approximate surface area is 155 Å². The maximum atomic E-state index is 13.0. The Morgan fingerprint density at radius 1 is 1.36 bits per heavy atom. The van der Waals surface area contributed by atoms with Crippen molar-refractivity contribution in [1.29, 1.82) is 0 Å². The van der Waals surface area contributed by atoms with Crippen LogP contribution in [0.5, 0.6) is 0 Å². The molecule has 3 rings (SSSR count). The number of hydrogen-bond acceptors (Lipinski definition) is 3. The first-order valence-corrected chi connectivity index (χ1v) is 8.60. The number of hydrogen-bond donors (Lipinski definition) is 1. The van der Waals surface area contributed by atoms with Crippen molar-refractivity contribution in [1.82, 2.24) is 20.0 Å². The van der Waals surface area contributed by atoms with Gasteiger partial charge in [-0.2, -0.15) is 5.10 Å². The molecule has 0 bridgehead atoms. The summed E-state index contributed by atoms with van der Waals surface area (Å²) < 4.78 is 1.73. The van der Waals surface area contributed by atoms with Gasteiger partial charge in [0.25, 0.3) is 0 Å². The molecule has 1 aliphatic rings. The lowest BCUT2D eigenvalue weighted by atomic mass is 9.93. The highest BCUT2D eigenvalue weighted by atomic mass is 35.5. The van der Waals surface area contributed by atoms with E-state index in [-0.39, 0.29) is 30.4 Å². The van der Waals surface area contributed by atoms with Gasteiger partial charge >= 0.3 is 0 Å². The Balaban J connectivity index is 0.00000225. The highest BCUT2D eigenvalue weighted by Gasteiger charge is 2.37. The molecule has 3 unspecified atom stereocenters. The van der Waals surface area contributed by atoms with Gasteiger partial charge in [0.05, 0.1) is 6.20 Å². The molecule has 0 saturated carbocycles. The van der Waals surface area contributed by atoms with E-state index in [0.29, 0.717) is 5.92 Å². The Hall–Kier alpha value is -1.85. The van der Waals surface area contributed by atoms with E-state index in [9.17, 15) is 4.79 Å². The van der Waals surface area contributed by atoms with E-state index in [0.717, 1.165) is 24.9 Å². The van der Waals surface area contributed by atoms with Crippen LogP contribution in [0.15, 0.2) is 42.7 Å². The molecule has 0 aliphatic carbocycles. The van der Waals surface area contributed by atoms with Gasteiger partial charge in [0.1, 0.15) is 6.04 Å². The van der Waals surface area contributed by atoms with E-state index < -0.39 is 0 Å². The van der Waals surface area contributed by atoms with E-state index in [1.807, 2.05) is 31.3 Å². The van der Waals surface area contributed by atoms with Crippen molar-refractivity contribution >= 4 is 18.3 Å². The van der Waals surface area contributed by atoms with Crippen LogP contribution in [0.3, 0.4) is 0 Å². The van der Waals surface area contributed by atoms with Gasteiger partial charge in [-0.3, -0.25) is 9.48 Å². The molecule has 1 amide bonds. The molecule has 1 aromatic heterocycles. The summed E-state index contributed by atoms with van der Waals surface area (Å²) in [6.07, 6.45) is 5.76. The summed E-state index contributed by atoms with van der Waals surface area (Å²) in [5.74, 6) is 0.663. The second-order valence-corrected chi connectivity index (χ2v) is 6.68. The van der Waals surface area contributed by atoms with Gasteiger partial charge < -0.3 is 10.2 Å². The molecular weight excluding hydrogens is 336 g/mol. The summed E-state index contributed by atoms with van der Waals surface area (Å²) in [5.41, 5.74) is 2.27. The second kappa shape index (κ2) is 8.50. The van der Waals surface area contributed by atoms with Crippen LogP contribution in [-0.4, -0.2) is 40.2 Å².